The summed E-state index contributed by atoms with van der Waals surface area (Å²) in [4.78, 5) is 19.1. The van der Waals surface area contributed by atoms with Crippen LogP contribution in [0.15, 0.2) is 12.3 Å². The first-order chi connectivity index (χ1) is 9.15. The Labute approximate surface area is 118 Å². The van der Waals surface area contributed by atoms with Crippen LogP contribution in [-0.4, -0.2) is 35.4 Å². The van der Waals surface area contributed by atoms with E-state index in [1.165, 1.54) is 0 Å². The fourth-order valence-corrected chi connectivity index (χ4v) is 3.47. The van der Waals surface area contributed by atoms with Crippen molar-refractivity contribution in [2.45, 2.75) is 31.6 Å². The quantitative estimate of drug-likeness (QED) is 0.904. The minimum absolute atomic E-state index is 0.0815. The summed E-state index contributed by atoms with van der Waals surface area (Å²) < 4.78 is 0. The fourth-order valence-electron chi connectivity index (χ4n) is 3.31. The van der Waals surface area contributed by atoms with Gasteiger partial charge in [-0.2, -0.15) is 0 Å². The summed E-state index contributed by atoms with van der Waals surface area (Å²) in [6.07, 6.45) is 4.62. The lowest BCUT2D eigenvalue weighted by atomic mass is 9.75. The third-order valence-electron chi connectivity index (χ3n) is 4.15. The van der Waals surface area contributed by atoms with Gasteiger partial charge in [0.15, 0.2) is 0 Å². The number of halogens is 1. The summed E-state index contributed by atoms with van der Waals surface area (Å²) in [6, 6.07) is 1.90. The molecule has 0 saturated carbocycles. The zero-order chi connectivity index (χ0) is 13.5. The van der Waals surface area contributed by atoms with Crippen molar-refractivity contribution in [3.05, 3.63) is 22.8 Å². The van der Waals surface area contributed by atoms with Crippen LogP contribution in [-0.2, 0) is 10.2 Å². The van der Waals surface area contributed by atoms with Crippen molar-refractivity contribution < 1.29 is 4.79 Å². The molecular weight excluding hydrogens is 262 g/mol. The number of pyridine rings is 1. The first-order valence-corrected chi connectivity index (χ1v) is 7.23. The first-order valence-electron chi connectivity index (χ1n) is 6.85. The first kappa shape index (κ1) is 12.9. The summed E-state index contributed by atoms with van der Waals surface area (Å²) in [7, 11) is 0. The Kier molecular flexibility index (Phi) is 3.23. The van der Waals surface area contributed by atoms with Crippen LogP contribution in [0.1, 0.15) is 31.7 Å². The average molecular weight is 280 g/mol. The second-order valence-electron chi connectivity index (χ2n) is 5.47. The molecular formula is C14H18ClN3O. The van der Waals surface area contributed by atoms with Crippen LogP contribution >= 0.6 is 11.6 Å². The molecule has 4 nitrogen and oxygen atoms in total. The normalized spacial score (nSPS) is 26.5. The molecule has 1 saturated heterocycles. The van der Waals surface area contributed by atoms with Crippen LogP contribution in [0.3, 0.4) is 0 Å². The van der Waals surface area contributed by atoms with Crippen LogP contribution < -0.4 is 5.32 Å². The minimum atomic E-state index is -0.444. The molecule has 0 bridgehead atoms. The van der Waals surface area contributed by atoms with E-state index in [0.717, 1.165) is 44.5 Å². The molecule has 1 amide bonds. The standard InChI is InChI=1S/C14H18ClN3O/c1-2-5-18-6-3-4-14(9-18)11-7-10(15)8-16-12(11)17-13(14)19/h7-8H,2-6,9H2,1H3,(H,16,17,19)/t14-/m0/s1. The number of piperidine rings is 1. The predicted octanol–water partition coefficient (Wildman–Crippen LogP) is 2.43. The summed E-state index contributed by atoms with van der Waals surface area (Å²) in [5, 5.41) is 3.51. The molecule has 2 aliphatic rings. The van der Waals surface area contributed by atoms with E-state index in [1.54, 1.807) is 6.20 Å². The molecule has 3 rings (SSSR count). The van der Waals surface area contributed by atoms with Gasteiger partial charge in [0, 0.05) is 18.3 Å². The highest BCUT2D eigenvalue weighted by molar-refractivity contribution is 6.30. The number of carbonyl (C=O) groups excluding carboxylic acids is 1. The maximum Gasteiger partial charge on any atom is 0.237 e. The molecule has 1 aromatic rings. The highest BCUT2D eigenvalue weighted by Gasteiger charge is 2.49. The second-order valence-corrected chi connectivity index (χ2v) is 5.90. The lowest BCUT2D eigenvalue weighted by molar-refractivity contribution is -0.122. The number of aromatic nitrogens is 1. The maximum atomic E-state index is 12.4. The second kappa shape index (κ2) is 4.76. The van der Waals surface area contributed by atoms with Crippen molar-refractivity contribution >= 4 is 23.3 Å². The van der Waals surface area contributed by atoms with Gasteiger partial charge in [0.1, 0.15) is 5.82 Å². The molecule has 0 aromatic carbocycles. The Morgan fingerprint density at radius 3 is 3.21 bits per heavy atom. The molecule has 5 heteroatoms. The van der Waals surface area contributed by atoms with E-state index < -0.39 is 5.41 Å². The molecule has 3 heterocycles. The molecule has 1 spiro atoms. The number of nitrogens with one attached hydrogen (secondary N) is 1. The lowest BCUT2D eigenvalue weighted by Crippen LogP contribution is -2.50. The molecule has 1 N–H and O–H groups in total. The van der Waals surface area contributed by atoms with Crippen molar-refractivity contribution in [1.82, 2.24) is 9.88 Å². The van der Waals surface area contributed by atoms with Gasteiger partial charge in [-0.1, -0.05) is 18.5 Å². The minimum Gasteiger partial charge on any atom is -0.310 e. The highest BCUT2D eigenvalue weighted by atomic mass is 35.5. The zero-order valence-electron chi connectivity index (χ0n) is 11.1. The van der Waals surface area contributed by atoms with Crippen molar-refractivity contribution in [1.29, 1.82) is 0 Å². The zero-order valence-corrected chi connectivity index (χ0v) is 11.8. The largest absolute Gasteiger partial charge is 0.310 e. The van der Waals surface area contributed by atoms with Crippen molar-refractivity contribution in [3.63, 3.8) is 0 Å². The van der Waals surface area contributed by atoms with Crippen LogP contribution in [0.4, 0.5) is 5.82 Å². The topological polar surface area (TPSA) is 45.2 Å². The van der Waals surface area contributed by atoms with Gasteiger partial charge in [0.25, 0.3) is 0 Å². The molecule has 1 atom stereocenters. The molecule has 0 aliphatic carbocycles. The molecule has 0 unspecified atom stereocenters. The van der Waals surface area contributed by atoms with Gasteiger partial charge in [-0.25, -0.2) is 4.98 Å². The van der Waals surface area contributed by atoms with Crippen LogP contribution in [0, 0.1) is 0 Å². The third-order valence-corrected chi connectivity index (χ3v) is 4.35. The van der Waals surface area contributed by atoms with Gasteiger partial charge in [-0.05, 0) is 38.4 Å². The highest BCUT2D eigenvalue weighted by Crippen LogP contribution is 2.43. The Bertz CT molecular complexity index is 517. The Balaban J connectivity index is 1.99. The molecule has 102 valence electrons. The lowest BCUT2D eigenvalue weighted by Gasteiger charge is -2.38. The molecule has 0 radical (unpaired) electrons. The van der Waals surface area contributed by atoms with Crippen molar-refractivity contribution in [3.8, 4) is 0 Å². The summed E-state index contributed by atoms with van der Waals surface area (Å²) in [5.41, 5.74) is 0.534. The van der Waals surface area contributed by atoms with Crippen LogP contribution in [0.25, 0.3) is 0 Å². The monoisotopic (exact) mass is 279 g/mol. The molecule has 19 heavy (non-hydrogen) atoms. The molecule has 1 aromatic heterocycles. The number of amides is 1. The van der Waals surface area contributed by atoms with Gasteiger partial charge in [-0.15, -0.1) is 0 Å². The number of carbonyl (C=O) groups is 1. The van der Waals surface area contributed by atoms with E-state index in [0.29, 0.717) is 10.8 Å². The van der Waals surface area contributed by atoms with E-state index >= 15 is 0 Å². The summed E-state index contributed by atoms with van der Waals surface area (Å²) in [6.45, 7) is 5.06. The average Bonchev–Trinajstić information content (AvgIpc) is 2.64. The van der Waals surface area contributed by atoms with Crippen LogP contribution in [0.5, 0.6) is 0 Å². The number of rotatable bonds is 2. The van der Waals surface area contributed by atoms with Crippen molar-refractivity contribution in [2.24, 2.45) is 0 Å². The Hall–Kier alpha value is -1.13. The van der Waals surface area contributed by atoms with Gasteiger partial charge < -0.3 is 10.2 Å². The number of hydrogen-bond acceptors (Lipinski definition) is 3. The molecule has 2 aliphatic heterocycles. The smallest absolute Gasteiger partial charge is 0.237 e. The summed E-state index contributed by atoms with van der Waals surface area (Å²) >= 11 is 6.06. The number of fused-ring (bicyclic) bond motifs is 2. The van der Waals surface area contributed by atoms with Gasteiger partial charge >= 0.3 is 0 Å². The maximum absolute atomic E-state index is 12.4. The van der Waals surface area contributed by atoms with Gasteiger partial charge in [0.2, 0.25) is 5.91 Å². The Morgan fingerprint density at radius 2 is 2.42 bits per heavy atom. The van der Waals surface area contributed by atoms with Gasteiger partial charge in [0.05, 0.1) is 10.4 Å². The predicted molar refractivity (Wildman–Crippen MR) is 75.5 cm³/mol. The number of likely N-dealkylation sites (tertiary alicyclic amines) is 1. The Morgan fingerprint density at radius 1 is 1.58 bits per heavy atom. The SMILES string of the molecule is CCCN1CCC[C@@]2(C1)C(=O)Nc1ncc(Cl)cc12. The number of nitrogens with zero attached hydrogens (tertiary/aromatic N) is 2. The molecule has 1 fully saturated rings. The van der Waals surface area contributed by atoms with E-state index in [1.807, 2.05) is 6.07 Å². The third kappa shape index (κ3) is 2.03. The van der Waals surface area contributed by atoms with E-state index in [4.69, 9.17) is 11.6 Å². The number of anilines is 1. The van der Waals surface area contributed by atoms with Gasteiger partial charge in [-0.3, -0.25) is 4.79 Å². The van der Waals surface area contributed by atoms with E-state index in [9.17, 15) is 4.79 Å². The van der Waals surface area contributed by atoms with E-state index in [2.05, 4.69) is 22.1 Å². The van der Waals surface area contributed by atoms with Crippen LogP contribution in [0.2, 0.25) is 5.02 Å². The number of hydrogen-bond donors (Lipinski definition) is 1. The fraction of sp³-hybridized carbons (Fsp3) is 0.571. The van der Waals surface area contributed by atoms with E-state index in [-0.39, 0.29) is 5.91 Å². The van der Waals surface area contributed by atoms with Crippen molar-refractivity contribution in [2.75, 3.05) is 25.0 Å². The summed E-state index contributed by atoms with van der Waals surface area (Å²) in [5.74, 6) is 0.769.